The zero-order chi connectivity index (χ0) is 17.6. The van der Waals surface area contributed by atoms with Crippen LogP contribution in [-0.4, -0.2) is 20.9 Å². The highest BCUT2D eigenvalue weighted by Crippen LogP contribution is 2.19. The summed E-state index contributed by atoms with van der Waals surface area (Å²) < 4.78 is 36.3. The molecule has 0 unspecified atom stereocenters. The lowest BCUT2D eigenvalue weighted by molar-refractivity contribution is 0.599. The van der Waals surface area contributed by atoms with Gasteiger partial charge in [-0.15, -0.1) is 35.3 Å². The largest absolute Gasteiger partial charge is 0.357 e. The molecular formula is C15H20FIN4O2S2. The fraction of sp³-hybridized carbons (Fsp3) is 0.267. The monoisotopic (exact) mass is 498 g/mol. The summed E-state index contributed by atoms with van der Waals surface area (Å²) in [4.78, 5) is 5.13. The molecule has 1 heterocycles. The van der Waals surface area contributed by atoms with Crippen LogP contribution in [0.15, 0.2) is 45.6 Å². The molecule has 1 aromatic carbocycles. The van der Waals surface area contributed by atoms with Crippen LogP contribution < -0.4 is 15.8 Å². The maximum absolute atomic E-state index is 13.6. The fourth-order valence-corrected chi connectivity index (χ4v) is 3.63. The maximum Gasteiger partial charge on any atom is 0.247 e. The standard InChI is InChI=1S/C15H19FN4O2S2.HI/c1-2-18-15(19-9-11-5-3-4-6-13(11)16)20-10-12-7-8-14(23-12)24(17,21)22;/h3-8H,2,9-10H2,1H3,(H2,17,21,22)(H2,18,19,20);1H. The molecule has 0 aliphatic heterocycles. The van der Waals surface area contributed by atoms with Crippen LogP contribution in [-0.2, 0) is 23.1 Å². The van der Waals surface area contributed by atoms with Crippen molar-refractivity contribution in [3.63, 3.8) is 0 Å². The summed E-state index contributed by atoms with van der Waals surface area (Å²) in [5.41, 5.74) is 0.502. The Morgan fingerprint density at radius 1 is 1.24 bits per heavy atom. The zero-order valence-corrected chi connectivity index (χ0v) is 17.5. The Balaban J connectivity index is 0.00000312. The van der Waals surface area contributed by atoms with E-state index >= 15 is 0 Å². The molecule has 138 valence electrons. The number of nitrogens with one attached hydrogen (secondary N) is 2. The van der Waals surface area contributed by atoms with Crippen molar-refractivity contribution in [2.24, 2.45) is 10.1 Å². The second-order valence-corrected chi connectivity index (χ2v) is 7.86. The van der Waals surface area contributed by atoms with Gasteiger partial charge >= 0.3 is 0 Å². The van der Waals surface area contributed by atoms with Crippen LogP contribution in [0.25, 0.3) is 0 Å². The molecule has 6 nitrogen and oxygen atoms in total. The Bertz CT molecular complexity index is 824. The van der Waals surface area contributed by atoms with E-state index in [1.54, 1.807) is 24.3 Å². The van der Waals surface area contributed by atoms with Gasteiger partial charge in [-0.2, -0.15) is 0 Å². The van der Waals surface area contributed by atoms with Crippen molar-refractivity contribution < 1.29 is 12.8 Å². The molecule has 0 radical (unpaired) electrons. The van der Waals surface area contributed by atoms with Gasteiger partial charge in [-0.25, -0.2) is 22.9 Å². The SMILES string of the molecule is CCNC(=NCc1ccccc1F)NCc1ccc(S(N)(=O)=O)s1.I. The number of sulfonamides is 1. The van der Waals surface area contributed by atoms with E-state index in [9.17, 15) is 12.8 Å². The summed E-state index contributed by atoms with van der Waals surface area (Å²) in [5, 5.41) is 11.2. The Morgan fingerprint density at radius 2 is 1.96 bits per heavy atom. The molecule has 10 heteroatoms. The molecule has 0 saturated heterocycles. The highest BCUT2D eigenvalue weighted by molar-refractivity contribution is 14.0. The van der Waals surface area contributed by atoms with E-state index in [2.05, 4.69) is 15.6 Å². The van der Waals surface area contributed by atoms with Crippen molar-refractivity contribution in [1.29, 1.82) is 0 Å². The van der Waals surface area contributed by atoms with Crippen LogP contribution in [0.5, 0.6) is 0 Å². The predicted molar refractivity (Wildman–Crippen MR) is 109 cm³/mol. The van der Waals surface area contributed by atoms with Gasteiger partial charge in [0.25, 0.3) is 0 Å². The van der Waals surface area contributed by atoms with Crippen molar-refractivity contribution in [2.45, 2.75) is 24.2 Å². The number of hydrogen-bond acceptors (Lipinski definition) is 4. The van der Waals surface area contributed by atoms with Crippen molar-refractivity contribution >= 4 is 51.3 Å². The van der Waals surface area contributed by atoms with Crippen LogP contribution in [0.3, 0.4) is 0 Å². The van der Waals surface area contributed by atoms with Gasteiger partial charge in [0.15, 0.2) is 5.96 Å². The molecule has 25 heavy (non-hydrogen) atoms. The summed E-state index contributed by atoms with van der Waals surface area (Å²) in [5.74, 6) is 0.222. The summed E-state index contributed by atoms with van der Waals surface area (Å²) in [6.07, 6.45) is 0. The Labute approximate surface area is 167 Å². The smallest absolute Gasteiger partial charge is 0.247 e. The third kappa shape index (κ3) is 6.88. The molecular weight excluding hydrogens is 478 g/mol. The Hall–Kier alpha value is -1.24. The molecule has 2 rings (SSSR count). The van der Waals surface area contributed by atoms with Crippen molar-refractivity contribution in [1.82, 2.24) is 10.6 Å². The van der Waals surface area contributed by atoms with Crippen LogP contribution in [0.4, 0.5) is 4.39 Å². The summed E-state index contributed by atoms with van der Waals surface area (Å²) in [6, 6.07) is 9.63. The third-order valence-electron chi connectivity index (χ3n) is 3.06. The van der Waals surface area contributed by atoms with Crippen molar-refractivity contribution in [2.75, 3.05) is 6.54 Å². The minimum Gasteiger partial charge on any atom is -0.357 e. The molecule has 1 aromatic heterocycles. The van der Waals surface area contributed by atoms with Gasteiger partial charge in [0.1, 0.15) is 10.0 Å². The molecule has 0 bridgehead atoms. The van der Waals surface area contributed by atoms with Crippen LogP contribution in [0.1, 0.15) is 17.4 Å². The molecule has 0 spiro atoms. The lowest BCUT2D eigenvalue weighted by Crippen LogP contribution is -2.36. The van der Waals surface area contributed by atoms with Gasteiger partial charge in [-0.3, -0.25) is 0 Å². The Kier molecular flexibility index (Phi) is 8.76. The summed E-state index contributed by atoms with van der Waals surface area (Å²) in [7, 11) is -3.68. The second kappa shape index (κ2) is 10.0. The number of halogens is 2. The summed E-state index contributed by atoms with van der Waals surface area (Å²) >= 11 is 1.10. The quantitative estimate of drug-likeness (QED) is 0.324. The van der Waals surface area contributed by atoms with Crippen LogP contribution >= 0.6 is 35.3 Å². The van der Waals surface area contributed by atoms with Gasteiger partial charge < -0.3 is 10.6 Å². The fourth-order valence-electron chi connectivity index (χ4n) is 1.91. The van der Waals surface area contributed by atoms with Gasteiger partial charge in [-0.05, 0) is 25.1 Å². The first kappa shape index (κ1) is 21.8. The number of hydrogen-bond donors (Lipinski definition) is 3. The van der Waals surface area contributed by atoms with Crippen LogP contribution in [0, 0.1) is 5.82 Å². The van der Waals surface area contributed by atoms with Crippen molar-refractivity contribution in [3.05, 3.63) is 52.7 Å². The molecule has 4 N–H and O–H groups in total. The number of nitrogens with two attached hydrogens (primary N) is 1. The number of primary sulfonamides is 1. The number of aliphatic imine (C=N–C) groups is 1. The third-order valence-corrected chi connectivity index (χ3v) is 5.58. The average Bonchev–Trinajstić information content (AvgIpc) is 3.00. The highest BCUT2D eigenvalue weighted by atomic mass is 127. The average molecular weight is 498 g/mol. The maximum atomic E-state index is 13.6. The molecule has 0 atom stereocenters. The van der Waals surface area contributed by atoms with E-state index in [1.165, 1.54) is 12.1 Å². The first-order valence-electron chi connectivity index (χ1n) is 7.27. The van der Waals surface area contributed by atoms with E-state index in [4.69, 9.17) is 5.14 Å². The molecule has 0 aliphatic rings. The zero-order valence-electron chi connectivity index (χ0n) is 13.5. The second-order valence-electron chi connectivity index (χ2n) is 4.91. The van der Waals surface area contributed by atoms with Crippen molar-refractivity contribution in [3.8, 4) is 0 Å². The van der Waals surface area contributed by atoms with Gasteiger partial charge in [0.05, 0.1) is 13.1 Å². The van der Waals surface area contributed by atoms with E-state index in [-0.39, 0.29) is 40.5 Å². The molecule has 0 amide bonds. The lowest BCUT2D eigenvalue weighted by atomic mass is 10.2. The first-order chi connectivity index (χ1) is 11.4. The minimum atomic E-state index is -3.68. The summed E-state index contributed by atoms with van der Waals surface area (Å²) in [6.45, 7) is 3.17. The van der Waals surface area contributed by atoms with E-state index < -0.39 is 10.0 Å². The van der Waals surface area contributed by atoms with Gasteiger partial charge in [0.2, 0.25) is 10.0 Å². The number of nitrogens with zero attached hydrogens (tertiary/aromatic N) is 1. The molecule has 0 fully saturated rings. The van der Waals surface area contributed by atoms with E-state index in [0.29, 0.717) is 24.6 Å². The Morgan fingerprint density at radius 3 is 2.56 bits per heavy atom. The predicted octanol–water partition coefficient (Wildman–Crippen LogP) is 2.41. The highest BCUT2D eigenvalue weighted by Gasteiger charge is 2.11. The normalized spacial score (nSPS) is 11.7. The number of benzene rings is 1. The first-order valence-corrected chi connectivity index (χ1v) is 9.63. The number of guanidine groups is 1. The van der Waals surface area contributed by atoms with E-state index in [1.807, 2.05) is 6.92 Å². The number of thiophene rings is 1. The molecule has 0 aliphatic carbocycles. The van der Waals surface area contributed by atoms with Crippen LogP contribution in [0.2, 0.25) is 0 Å². The molecule has 2 aromatic rings. The van der Waals surface area contributed by atoms with Gasteiger partial charge in [-0.1, -0.05) is 18.2 Å². The topological polar surface area (TPSA) is 96.6 Å². The molecule has 0 saturated carbocycles. The lowest BCUT2D eigenvalue weighted by Gasteiger charge is -2.10. The number of rotatable bonds is 6. The van der Waals surface area contributed by atoms with Gasteiger partial charge in [0, 0.05) is 17.0 Å². The minimum absolute atomic E-state index is 0. The van der Waals surface area contributed by atoms with E-state index in [0.717, 1.165) is 16.2 Å².